The molecule has 2 N–H and O–H groups in total. The minimum Gasteiger partial charge on any atom is -0.454 e. The van der Waals surface area contributed by atoms with Gasteiger partial charge in [0.1, 0.15) is 6.04 Å². The molecule has 3 aromatic rings. The topological polar surface area (TPSA) is 148 Å². The first kappa shape index (κ1) is 33.2. The molecular formula is C32H29Cl2N3O8. The third kappa shape index (κ3) is 7.68. The van der Waals surface area contributed by atoms with Gasteiger partial charge < -0.3 is 20.1 Å². The monoisotopic (exact) mass is 653 g/mol. The number of aryl methyl sites for hydroxylation is 2. The Labute approximate surface area is 268 Å². The van der Waals surface area contributed by atoms with Crippen LogP contribution in [0.3, 0.4) is 0 Å². The number of fused-ring (bicyclic) bond motifs is 1. The molecule has 1 aliphatic heterocycles. The number of carbonyl (C=O) groups excluding carboxylic acids is 6. The summed E-state index contributed by atoms with van der Waals surface area (Å²) in [6, 6.07) is 12.1. The molecule has 0 aromatic heterocycles. The van der Waals surface area contributed by atoms with E-state index in [4.69, 9.17) is 32.7 Å². The molecule has 0 saturated carbocycles. The molecule has 11 nitrogen and oxygen atoms in total. The van der Waals surface area contributed by atoms with Crippen LogP contribution in [-0.2, 0) is 23.9 Å². The van der Waals surface area contributed by atoms with Crippen molar-refractivity contribution in [3.05, 3.63) is 92.5 Å². The van der Waals surface area contributed by atoms with Gasteiger partial charge in [-0.25, -0.2) is 9.59 Å². The highest BCUT2D eigenvalue weighted by atomic mass is 35.5. The normalized spacial score (nSPS) is 12.9. The van der Waals surface area contributed by atoms with Crippen LogP contribution in [0.15, 0.2) is 54.6 Å². The van der Waals surface area contributed by atoms with Gasteiger partial charge in [-0.2, -0.15) is 0 Å². The maximum atomic E-state index is 13.4. The van der Waals surface area contributed by atoms with E-state index in [9.17, 15) is 28.8 Å². The van der Waals surface area contributed by atoms with Gasteiger partial charge in [0.25, 0.3) is 23.6 Å². The largest absolute Gasteiger partial charge is 0.454 e. The van der Waals surface area contributed by atoms with Gasteiger partial charge in [-0.15, -0.1) is 0 Å². The van der Waals surface area contributed by atoms with Gasteiger partial charge in [0.05, 0.1) is 16.7 Å². The standard InChI is InChI=1S/C32H29Cl2N3O8/c1-16(2)28(32(43)45-15-27(39)36-25-10-7-21(34)12-18(25)4)37-29(40)22-8-5-19(13-23(22)30(37)41)31(42)44-14-26(38)35-24-9-6-20(33)11-17(24)3/h5-13,16,28H,14-15H2,1-4H3,(H,35,38)(H,36,39). The van der Waals surface area contributed by atoms with Crippen LogP contribution in [0.2, 0.25) is 10.0 Å². The first-order valence-corrected chi connectivity index (χ1v) is 14.5. The van der Waals surface area contributed by atoms with Gasteiger partial charge >= 0.3 is 11.9 Å². The molecule has 0 spiro atoms. The van der Waals surface area contributed by atoms with Crippen LogP contribution in [0, 0.1) is 19.8 Å². The zero-order chi connectivity index (χ0) is 33.0. The maximum Gasteiger partial charge on any atom is 0.338 e. The minimum absolute atomic E-state index is 0.0260. The van der Waals surface area contributed by atoms with Gasteiger partial charge in [-0.1, -0.05) is 37.0 Å². The van der Waals surface area contributed by atoms with E-state index < -0.39 is 60.7 Å². The van der Waals surface area contributed by atoms with Crippen molar-refractivity contribution in [1.29, 1.82) is 0 Å². The molecule has 0 bridgehead atoms. The van der Waals surface area contributed by atoms with E-state index in [1.807, 2.05) is 0 Å². The summed E-state index contributed by atoms with van der Waals surface area (Å²) in [5.41, 5.74) is 2.17. The van der Waals surface area contributed by atoms with Gasteiger partial charge in [0.15, 0.2) is 13.2 Å². The van der Waals surface area contributed by atoms with Crippen LogP contribution >= 0.6 is 23.2 Å². The number of hydrogen-bond acceptors (Lipinski definition) is 8. The summed E-state index contributed by atoms with van der Waals surface area (Å²) >= 11 is 11.9. The molecule has 0 saturated heterocycles. The van der Waals surface area contributed by atoms with Gasteiger partial charge in [0.2, 0.25) is 0 Å². The van der Waals surface area contributed by atoms with E-state index in [1.165, 1.54) is 18.2 Å². The first-order valence-electron chi connectivity index (χ1n) is 13.7. The summed E-state index contributed by atoms with van der Waals surface area (Å²) in [6.45, 7) is 5.47. The van der Waals surface area contributed by atoms with Gasteiger partial charge in [0, 0.05) is 21.4 Å². The Kier molecular flexibility index (Phi) is 10.3. The number of nitrogens with zero attached hydrogens (tertiary/aromatic N) is 1. The number of benzene rings is 3. The Hall–Kier alpha value is -4.74. The highest BCUT2D eigenvalue weighted by molar-refractivity contribution is 6.31. The number of nitrogens with one attached hydrogen (secondary N) is 2. The van der Waals surface area contributed by atoms with Crippen LogP contribution in [0.5, 0.6) is 0 Å². The fourth-order valence-corrected chi connectivity index (χ4v) is 5.11. The number of rotatable bonds is 10. The van der Waals surface area contributed by atoms with E-state index in [0.29, 0.717) is 32.5 Å². The van der Waals surface area contributed by atoms with Crippen LogP contribution < -0.4 is 10.6 Å². The lowest BCUT2D eigenvalue weighted by Crippen LogP contribution is -2.49. The van der Waals surface area contributed by atoms with Crippen molar-refractivity contribution in [3.63, 3.8) is 0 Å². The van der Waals surface area contributed by atoms with Gasteiger partial charge in [-0.05, 0) is 85.5 Å². The Balaban J connectivity index is 1.40. The highest BCUT2D eigenvalue weighted by Gasteiger charge is 2.45. The predicted octanol–water partition coefficient (Wildman–Crippen LogP) is 5.21. The van der Waals surface area contributed by atoms with E-state index in [1.54, 1.807) is 64.1 Å². The Bertz CT molecular complexity index is 1720. The lowest BCUT2D eigenvalue weighted by atomic mass is 10.0. The average Bonchev–Trinajstić information content (AvgIpc) is 3.22. The molecule has 1 heterocycles. The molecule has 3 aromatic carbocycles. The van der Waals surface area contributed by atoms with E-state index in [2.05, 4.69) is 10.6 Å². The van der Waals surface area contributed by atoms with E-state index in [-0.39, 0.29) is 16.7 Å². The molecule has 0 aliphatic carbocycles. The molecule has 0 radical (unpaired) electrons. The molecule has 45 heavy (non-hydrogen) atoms. The van der Waals surface area contributed by atoms with Crippen molar-refractivity contribution in [2.45, 2.75) is 33.7 Å². The van der Waals surface area contributed by atoms with Crippen molar-refractivity contribution in [2.75, 3.05) is 23.8 Å². The van der Waals surface area contributed by atoms with Crippen molar-refractivity contribution in [3.8, 4) is 0 Å². The number of esters is 2. The Morgan fingerprint density at radius 2 is 1.24 bits per heavy atom. The summed E-state index contributed by atoms with van der Waals surface area (Å²) in [4.78, 5) is 78.0. The number of ether oxygens (including phenoxy) is 2. The second-order valence-electron chi connectivity index (χ2n) is 10.6. The van der Waals surface area contributed by atoms with Crippen LogP contribution in [0.1, 0.15) is 56.0 Å². The average molecular weight is 655 g/mol. The SMILES string of the molecule is Cc1cc(Cl)ccc1NC(=O)COC(=O)c1ccc2c(c1)C(=O)N(C(C(=O)OCC(=O)Nc1ccc(Cl)cc1C)C(C)C)C2=O. The number of amides is 4. The third-order valence-electron chi connectivity index (χ3n) is 6.91. The summed E-state index contributed by atoms with van der Waals surface area (Å²) in [6.07, 6.45) is 0. The fourth-order valence-electron chi connectivity index (χ4n) is 4.66. The van der Waals surface area contributed by atoms with Crippen molar-refractivity contribution in [2.24, 2.45) is 5.92 Å². The number of anilines is 2. The second kappa shape index (κ2) is 13.9. The maximum absolute atomic E-state index is 13.4. The minimum atomic E-state index is -1.35. The molecule has 4 rings (SSSR count). The second-order valence-corrected chi connectivity index (χ2v) is 11.5. The van der Waals surface area contributed by atoms with Crippen molar-refractivity contribution in [1.82, 2.24) is 4.90 Å². The van der Waals surface area contributed by atoms with Crippen LogP contribution in [-0.4, -0.2) is 59.7 Å². The summed E-state index contributed by atoms with van der Waals surface area (Å²) in [7, 11) is 0. The van der Waals surface area contributed by atoms with E-state index >= 15 is 0 Å². The van der Waals surface area contributed by atoms with Gasteiger partial charge in [-0.3, -0.25) is 24.1 Å². The predicted molar refractivity (Wildman–Crippen MR) is 166 cm³/mol. The number of imide groups is 1. The summed E-state index contributed by atoms with van der Waals surface area (Å²) in [5, 5.41) is 6.23. The lowest BCUT2D eigenvalue weighted by Gasteiger charge is -2.27. The van der Waals surface area contributed by atoms with Crippen molar-refractivity contribution < 1.29 is 38.2 Å². The first-order chi connectivity index (χ1) is 21.3. The molecular weight excluding hydrogens is 625 g/mol. The fraction of sp³-hybridized carbons (Fsp3) is 0.250. The molecule has 1 unspecified atom stereocenters. The highest BCUT2D eigenvalue weighted by Crippen LogP contribution is 2.29. The smallest absolute Gasteiger partial charge is 0.338 e. The Morgan fingerprint density at radius 3 is 1.76 bits per heavy atom. The molecule has 1 aliphatic rings. The van der Waals surface area contributed by atoms with Crippen molar-refractivity contribution >= 4 is 70.1 Å². The lowest BCUT2D eigenvalue weighted by molar-refractivity contribution is -0.152. The Morgan fingerprint density at radius 1 is 0.733 bits per heavy atom. The molecule has 13 heteroatoms. The zero-order valence-corrected chi connectivity index (χ0v) is 26.2. The zero-order valence-electron chi connectivity index (χ0n) is 24.7. The molecule has 234 valence electrons. The molecule has 1 atom stereocenters. The molecule has 0 fully saturated rings. The van der Waals surface area contributed by atoms with Crippen LogP contribution in [0.25, 0.3) is 0 Å². The van der Waals surface area contributed by atoms with E-state index in [0.717, 1.165) is 4.90 Å². The summed E-state index contributed by atoms with van der Waals surface area (Å²) in [5.74, 6) is -5.23. The number of carbonyl (C=O) groups is 6. The number of hydrogen-bond donors (Lipinski definition) is 2. The summed E-state index contributed by atoms with van der Waals surface area (Å²) < 4.78 is 10.3. The third-order valence-corrected chi connectivity index (χ3v) is 7.38. The quantitative estimate of drug-likeness (QED) is 0.224. The number of halogens is 2. The molecule has 4 amide bonds. The van der Waals surface area contributed by atoms with Crippen LogP contribution in [0.4, 0.5) is 11.4 Å².